The van der Waals surface area contributed by atoms with Gasteiger partial charge in [-0.25, -0.2) is 0 Å². The first-order valence-corrected chi connectivity index (χ1v) is 14.9. The third-order valence-corrected chi connectivity index (χ3v) is 13.8. The fraction of sp³-hybridized carbons (Fsp3) is 0.957. The van der Waals surface area contributed by atoms with Gasteiger partial charge in [0.05, 0.1) is 24.4 Å². The lowest BCUT2D eigenvalue weighted by Crippen LogP contribution is -2.65. The maximum atomic E-state index is 11.6. The fourth-order valence-electron chi connectivity index (χ4n) is 6.03. The minimum absolute atomic E-state index is 0.0168. The van der Waals surface area contributed by atoms with Crippen molar-refractivity contribution in [1.29, 1.82) is 0 Å². The van der Waals surface area contributed by atoms with Crippen LogP contribution in [0.4, 0.5) is 0 Å². The highest BCUT2D eigenvalue weighted by Gasteiger charge is 2.69. The van der Waals surface area contributed by atoms with Crippen LogP contribution in [0.2, 0.25) is 23.9 Å². The SMILES string of the molecule is CC(=O)OC1C[C@H](B2O[C@@H]3C[C@@H]4C[C@@H](C4(C)C)[C@]3(C)O2)[C@@H](CO[Si](C)(C)C(C)(C)C)O1. The van der Waals surface area contributed by atoms with E-state index < -0.39 is 14.6 Å². The lowest BCUT2D eigenvalue weighted by atomic mass is 9.43. The summed E-state index contributed by atoms with van der Waals surface area (Å²) in [5, 5.41) is 0.117. The van der Waals surface area contributed by atoms with Gasteiger partial charge in [-0.05, 0) is 55.1 Å². The van der Waals surface area contributed by atoms with Crippen LogP contribution in [-0.2, 0) is 28.0 Å². The topological polar surface area (TPSA) is 63.2 Å². The van der Waals surface area contributed by atoms with Crippen LogP contribution in [-0.4, -0.2) is 52.1 Å². The van der Waals surface area contributed by atoms with Gasteiger partial charge in [0, 0.05) is 19.2 Å². The summed E-state index contributed by atoms with van der Waals surface area (Å²) in [6.45, 7) is 20.1. The second kappa shape index (κ2) is 7.55. The molecule has 3 saturated carbocycles. The average molecular weight is 452 g/mol. The number of ether oxygens (including phenoxy) is 2. The molecule has 1 unspecified atom stereocenters. The first kappa shape index (κ1) is 23.7. The van der Waals surface area contributed by atoms with Gasteiger partial charge in [0.1, 0.15) is 0 Å². The summed E-state index contributed by atoms with van der Waals surface area (Å²) in [7, 11) is -2.28. The van der Waals surface area contributed by atoms with E-state index in [1.165, 1.54) is 13.3 Å². The van der Waals surface area contributed by atoms with Gasteiger partial charge in [-0.1, -0.05) is 34.6 Å². The molecule has 6 nitrogen and oxygen atoms in total. The Morgan fingerprint density at radius 1 is 1.16 bits per heavy atom. The quantitative estimate of drug-likeness (QED) is 0.442. The lowest BCUT2D eigenvalue weighted by molar-refractivity contribution is -0.199. The van der Waals surface area contributed by atoms with Crippen molar-refractivity contribution in [2.45, 2.75) is 116 Å². The molecule has 176 valence electrons. The van der Waals surface area contributed by atoms with E-state index in [1.54, 1.807) is 0 Å². The number of esters is 1. The Bertz CT molecular complexity index is 721. The maximum Gasteiger partial charge on any atom is 0.463 e. The fourth-order valence-corrected chi connectivity index (χ4v) is 7.04. The van der Waals surface area contributed by atoms with E-state index in [0.29, 0.717) is 30.3 Å². The number of rotatable bonds is 5. The molecule has 5 aliphatic rings. The maximum absolute atomic E-state index is 11.6. The summed E-state index contributed by atoms with van der Waals surface area (Å²) < 4.78 is 31.3. The summed E-state index contributed by atoms with van der Waals surface area (Å²) in [5.74, 6) is 0.884. The Morgan fingerprint density at radius 2 is 1.84 bits per heavy atom. The zero-order valence-electron chi connectivity index (χ0n) is 20.8. The van der Waals surface area contributed by atoms with Crippen molar-refractivity contribution in [2.75, 3.05) is 6.61 Å². The molecule has 2 saturated heterocycles. The Hall–Kier alpha value is -0.408. The molecule has 0 aromatic heterocycles. The van der Waals surface area contributed by atoms with Gasteiger partial charge in [-0.3, -0.25) is 4.79 Å². The van der Waals surface area contributed by atoms with E-state index in [-0.39, 0.29) is 41.8 Å². The van der Waals surface area contributed by atoms with Gasteiger partial charge in [-0.2, -0.15) is 0 Å². The van der Waals surface area contributed by atoms with Crippen LogP contribution in [0.5, 0.6) is 0 Å². The molecular formula is C23H41BO6Si. The zero-order valence-corrected chi connectivity index (χ0v) is 21.8. The van der Waals surface area contributed by atoms with Crippen molar-refractivity contribution in [3.05, 3.63) is 0 Å². The molecule has 0 amide bonds. The number of hydrogen-bond donors (Lipinski definition) is 0. The minimum Gasteiger partial charge on any atom is -0.436 e. The largest absolute Gasteiger partial charge is 0.463 e. The van der Waals surface area contributed by atoms with Crippen LogP contribution in [0.1, 0.15) is 67.7 Å². The average Bonchev–Trinajstić information content (AvgIpc) is 3.17. The summed E-state index contributed by atoms with van der Waals surface area (Å²) in [4.78, 5) is 11.6. The van der Waals surface area contributed by atoms with Crippen LogP contribution in [0.15, 0.2) is 0 Å². The molecule has 5 fully saturated rings. The molecule has 0 radical (unpaired) electrons. The van der Waals surface area contributed by atoms with Crippen molar-refractivity contribution in [3.8, 4) is 0 Å². The highest BCUT2D eigenvalue weighted by molar-refractivity contribution is 6.74. The molecule has 3 aliphatic carbocycles. The first-order chi connectivity index (χ1) is 14.1. The van der Waals surface area contributed by atoms with E-state index in [2.05, 4.69) is 54.6 Å². The van der Waals surface area contributed by atoms with E-state index in [0.717, 1.165) is 6.42 Å². The van der Waals surface area contributed by atoms with Gasteiger partial charge >= 0.3 is 13.1 Å². The van der Waals surface area contributed by atoms with Crippen molar-refractivity contribution >= 4 is 21.4 Å². The van der Waals surface area contributed by atoms with Crippen molar-refractivity contribution in [2.24, 2.45) is 17.3 Å². The summed E-state index contributed by atoms with van der Waals surface area (Å²) in [6, 6.07) is 0. The molecule has 2 aliphatic heterocycles. The van der Waals surface area contributed by atoms with Gasteiger partial charge < -0.3 is 23.2 Å². The number of hydrogen-bond acceptors (Lipinski definition) is 6. The molecule has 7 atom stereocenters. The van der Waals surface area contributed by atoms with Gasteiger partial charge in [0.2, 0.25) is 6.29 Å². The van der Waals surface area contributed by atoms with Crippen LogP contribution < -0.4 is 0 Å². The molecule has 8 heteroatoms. The number of carbonyl (C=O) groups excluding carboxylic acids is 1. The molecular weight excluding hydrogens is 411 g/mol. The van der Waals surface area contributed by atoms with Gasteiger partial charge in [0.15, 0.2) is 8.32 Å². The molecule has 0 aromatic rings. The van der Waals surface area contributed by atoms with Crippen molar-refractivity contribution < 1.29 is 28.0 Å². The Kier molecular flexibility index (Phi) is 5.78. The normalized spacial score (nSPS) is 41.6. The Morgan fingerprint density at radius 3 is 2.42 bits per heavy atom. The van der Waals surface area contributed by atoms with E-state index >= 15 is 0 Å². The Labute approximate surface area is 189 Å². The van der Waals surface area contributed by atoms with Crippen LogP contribution in [0, 0.1) is 17.3 Å². The third kappa shape index (κ3) is 3.94. The predicted molar refractivity (Wildman–Crippen MR) is 122 cm³/mol. The zero-order chi connectivity index (χ0) is 23.0. The molecule has 0 spiro atoms. The summed E-state index contributed by atoms with van der Waals surface area (Å²) in [5.41, 5.74) is 0.0497. The standard InChI is InChI=1S/C23H41BO6Si/c1-14(25)27-20-12-16(17(28-20)13-26-31(8,9)21(2,3)4)24-29-19-11-15-10-18(22(15,5)6)23(19,7)30-24/h15-20H,10-13H2,1-9H3/t15-,16-,17+,18-,19+,20?,23-/m0/s1. The van der Waals surface area contributed by atoms with Crippen molar-refractivity contribution in [1.82, 2.24) is 0 Å². The highest BCUT2D eigenvalue weighted by atomic mass is 28.4. The van der Waals surface area contributed by atoms with E-state index in [4.69, 9.17) is 23.2 Å². The van der Waals surface area contributed by atoms with E-state index in [1.807, 2.05) is 0 Å². The third-order valence-electron chi connectivity index (χ3n) is 9.30. The smallest absolute Gasteiger partial charge is 0.436 e. The van der Waals surface area contributed by atoms with Crippen LogP contribution >= 0.6 is 0 Å². The Balaban J connectivity index is 1.49. The predicted octanol–water partition coefficient (Wildman–Crippen LogP) is 4.78. The summed E-state index contributed by atoms with van der Waals surface area (Å²) in [6.07, 6.45) is 2.21. The molecule has 0 aromatic carbocycles. The lowest BCUT2D eigenvalue weighted by Gasteiger charge is -2.64. The molecule has 2 heterocycles. The molecule has 31 heavy (non-hydrogen) atoms. The minimum atomic E-state index is -1.93. The van der Waals surface area contributed by atoms with Gasteiger partial charge in [-0.15, -0.1) is 0 Å². The van der Waals surface area contributed by atoms with Crippen LogP contribution in [0.25, 0.3) is 0 Å². The molecule has 5 rings (SSSR count). The highest BCUT2D eigenvalue weighted by Crippen LogP contribution is 2.66. The van der Waals surface area contributed by atoms with Gasteiger partial charge in [0.25, 0.3) is 0 Å². The number of carbonyl (C=O) groups is 1. The first-order valence-electron chi connectivity index (χ1n) is 11.9. The molecule has 2 bridgehead atoms. The second-order valence-electron chi connectivity index (χ2n) is 12.5. The molecule has 0 N–H and O–H groups in total. The van der Waals surface area contributed by atoms with E-state index in [9.17, 15) is 4.79 Å². The second-order valence-corrected chi connectivity index (χ2v) is 17.3. The van der Waals surface area contributed by atoms with Crippen molar-refractivity contribution in [3.63, 3.8) is 0 Å². The monoisotopic (exact) mass is 452 g/mol. The van der Waals surface area contributed by atoms with Crippen LogP contribution in [0.3, 0.4) is 0 Å². The summed E-state index contributed by atoms with van der Waals surface area (Å²) >= 11 is 0.